The highest BCUT2D eigenvalue weighted by Gasteiger charge is 2.31. The zero-order chi connectivity index (χ0) is 18.7. The summed E-state index contributed by atoms with van der Waals surface area (Å²) in [7, 11) is 0. The van der Waals surface area contributed by atoms with Gasteiger partial charge >= 0.3 is 0 Å². The van der Waals surface area contributed by atoms with Crippen molar-refractivity contribution in [3.63, 3.8) is 0 Å². The SMILES string of the molecule is C[C@H]1CNC[C@](C)(c2ccc(N=Cc3cccc(C(N)=O)c3N)cc2)C1. The lowest BCUT2D eigenvalue weighted by Gasteiger charge is -2.38. The molecule has 0 unspecified atom stereocenters. The summed E-state index contributed by atoms with van der Waals surface area (Å²) in [5, 5.41) is 3.52. The van der Waals surface area contributed by atoms with Gasteiger partial charge in [0.25, 0.3) is 5.91 Å². The number of hydrogen-bond acceptors (Lipinski definition) is 4. The van der Waals surface area contributed by atoms with Crippen LogP contribution in [0.3, 0.4) is 0 Å². The summed E-state index contributed by atoms with van der Waals surface area (Å²) in [5.74, 6) is 0.137. The first kappa shape index (κ1) is 18.1. The number of anilines is 1. The molecule has 5 nitrogen and oxygen atoms in total. The van der Waals surface area contributed by atoms with Crippen molar-refractivity contribution in [3.8, 4) is 0 Å². The van der Waals surface area contributed by atoms with Crippen molar-refractivity contribution >= 4 is 23.5 Å². The quantitative estimate of drug-likeness (QED) is 0.584. The van der Waals surface area contributed by atoms with Gasteiger partial charge in [-0.05, 0) is 42.6 Å². The van der Waals surface area contributed by atoms with E-state index in [0.717, 1.165) is 18.8 Å². The van der Waals surface area contributed by atoms with Gasteiger partial charge in [-0.15, -0.1) is 0 Å². The molecule has 1 aliphatic heterocycles. The molecule has 1 fully saturated rings. The largest absolute Gasteiger partial charge is 0.398 e. The van der Waals surface area contributed by atoms with E-state index in [1.54, 1.807) is 18.3 Å². The van der Waals surface area contributed by atoms with Crippen LogP contribution in [0.5, 0.6) is 0 Å². The molecule has 0 aliphatic carbocycles. The van der Waals surface area contributed by atoms with E-state index in [9.17, 15) is 4.79 Å². The molecule has 2 aromatic carbocycles. The van der Waals surface area contributed by atoms with Gasteiger partial charge in [-0.25, -0.2) is 0 Å². The Morgan fingerprint density at radius 1 is 1.27 bits per heavy atom. The number of nitrogen functional groups attached to an aromatic ring is 1. The first-order chi connectivity index (χ1) is 12.4. The Morgan fingerprint density at radius 2 is 2.00 bits per heavy atom. The number of benzene rings is 2. The molecule has 2 aromatic rings. The molecule has 0 aromatic heterocycles. The van der Waals surface area contributed by atoms with Crippen LogP contribution in [0.2, 0.25) is 0 Å². The van der Waals surface area contributed by atoms with Crippen molar-refractivity contribution in [3.05, 3.63) is 59.2 Å². The van der Waals surface area contributed by atoms with Crippen molar-refractivity contribution < 1.29 is 4.79 Å². The fourth-order valence-electron chi connectivity index (χ4n) is 3.73. The summed E-state index contributed by atoms with van der Waals surface area (Å²) in [4.78, 5) is 15.9. The van der Waals surface area contributed by atoms with Gasteiger partial charge in [0.1, 0.15) is 0 Å². The standard InChI is InChI=1S/C21H26N4O/c1-14-10-21(2,13-24-11-14)16-6-8-17(9-7-16)25-12-15-4-3-5-18(19(15)22)20(23)26/h3-9,12,14,24H,10-11,13,22H2,1-2H3,(H2,23,26)/t14-,21-/m1/s1. The van der Waals surface area contributed by atoms with Gasteiger partial charge in [-0.2, -0.15) is 0 Å². The maximum atomic E-state index is 11.4. The average molecular weight is 350 g/mol. The molecule has 2 atom stereocenters. The summed E-state index contributed by atoms with van der Waals surface area (Å²) in [5.41, 5.74) is 15.0. The van der Waals surface area contributed by atoms with Crippen molar-refractivity contribution in [1.29, 1.82) is 0 Å². The van der Waals surface area contributed by atoms with E-state index in [1.165, 1.54) is 12.0 Å². The van der Waals surface area contributed by atoms with E-state index in [2.05, 4.69) is 36.3 Å². The fourth-order valence-corrected chi connectivity index (χ4v) is 3.73. The van der Waals surface area contributed by atoms with Crippen molar-refractivity contribution in [2.75, 3.05) is 18.8 Å². The summed E-state index contributed by atoms with van der Waals surface area (Å²) in [6.45, 7) is 6.68. The van der Waals surface area contributed by atoms with Crippen LogP contribution in [0, 0.1) is 5.92 Å². The summed E-state index contributed by atoms with van der Waals surface area (Å²) >= 11 is 0. The van der Waals surface area contributed by atoms with Crippen molar-refractivity contribution in [2.24, 2.45) is 16.6 Å². The summed E-state index contributed by atoms with van der Waals surface area (Å²) < 4.78 is 0. The van der Waals surface area contributed by atoms with Crippen LogP contribution < -0.4 is 16.8 Å². The van der Waals surface area contributed by atoms with Gasteiger partial charge in [-0.1, -0.05) is 38.1 Å². The van der Waals surface area contributed by atoms with Crippen molar-refractivity contribution in [1.82, 2.24) is 5.32 Å². The van der Waals surface area contributed by atoms with E-state index in [-0.39, 0.29) is 5.41 Å². The molecule has 0 bridgehead atoms. The third-order valence-electron chi connectivity index (χ3n) is 5.13. The Kier molecular flexibility index (Phi) is 5.09. The number of primary amides is 1. The van der Waals surface area contributed by atoms with Gasteiger partial charge in [-0.3, -0.25) is 9.79 Å². The average Bonchev–Trinajstić information content (AvgIpc) is 2.61. The zero-order valence-corrected chi connectivity index (χ0v) is 15.3. The monoisotopic (exact) mass is 350 g/mol. The number of piperidine rings is 1. The van der Waals surface area contributed by atoms with Gasteiger partial charge in [0.05, 0.1) is 16.9 Å². The second kappa shape index (κ2) is 7.30. The van der Waals surface area contributed by atoms with Crippen LogP contribution in [0.25, 0.3) is 0 Å². The molecule has 1 heterocycles. The van der Waals surface area contributed by atoms with Gasteiger partial charge in [0.15, 0.2) is 0 Å². The molecular weight excluding hydrogens is 324 g/mol. The topological polar surface area (TPSA) is 93.5 Å². The highest BCUT2D eigenvalue weighted by molar-refractivity contribution is 6.02. The molecule has 5 N–H and O–H groups in total. The summed E-state index contributed by atoms with van der Waals surface area (Å²) in [6, 6.07) is 13.5. The van der Waals surface area contributed by atoms with Crippen LogP contribution in [-0.2, 0) is 5.41 Å². The van der Waals surface area contributed by atoms with E-state index in [4.69, 9.17) is 11.5 Å². The Labute approximate surface area is 154 Å². The van der Waals surface area contributed by atoms with Gasteiger partial charge < -0.3 is 16.8 Å². The molecule has 0 spiro atoms. The molecule has 26 heavy (non-hydrogen) atoms. The van der Waals surface area contributed by atoms with Crippen molar-refractivity contribution in [2.45, 2.75) is 25.7 Å². The lowest BCUT2D eigenvalue weighted by molar-refractivity contribution is 0.100. The third-order valence-corrected chi connectivity index (χ3v) is 5.13. The maximum absolute atomic E-state index is 11.4. The highest BCUT2D eigenvalue weighted by atomic mass is 16.1. The Hall–Kier alpha value is -2.66. The molecule has 136 valence electrons. The van der Waals surface area contributed by atoms with E-state index < -0.39 is 5.91 Å². The molecule has 0 radical (unpaired) electrons. The Morgan fingerprint density at radius 3 is 2.65 bits per heavy atom. The zero-order valence-electron chi connectivity index (χ0n) is 15.3. The second-order valence-electron chi connectivity index (χ2n) is 7.48. The molecule has 3 rings (SSSR count). The van der Waals surface area contributed by atoms with Gasteiger partial charge in [0.2, 0.25) is 0 Å². The second-order valence-corrected chi connectivity index (χ2v) is 7.48. The number of carbonyl (C=O) groups excluding carboxylic acids is 1. The predicted molar refractivity (Wildman–Crippen MR) is 107 cm³/mol. The number of nitrogens with one attached hydrogen (secondary N) is 1. The number of amides is 1. The van der Waals surface area contributed by atoms with Crippen LogP contribution in [0.4, 0.5) is 11.4 Å². The lowest BCUT2D eigenvalue weighted by Crippen LogP contribution is -2.44. The first-order valence-electron chi connectivity index (χ1n) is 8.93. The summed E-state index contributed by atoms with van der Waals surface area (Å²) in [6.07, 6.45) is 2.85. The smallest absolute Gasteiger partial charge is 0.250 e. The normalized spacial score (nSPS) is 23.2. The number of carbonyl (C=O) groups is 1. The lowest BCUT2D eigenvalue weighted by atomic mass is 9.73. The number of nitrogens with two attached hydrogens (primary N) is 2. The first-order valence-corrected chi connectivity index (χ1v) is 8.93. The van der Waals surface area contributed by atoms with E-state index >= 15 is 0 Å². The van der Waals surface area contributed by atoms with Crippen LogP contribution in [0.1, 0.15) is 41.8 Å². The molecule has 0 saturated carbocycles. The van der Waals surface area contributed by atoms with Crippen LogP contribution in [0.15, 0.2) is 47.5 Å². The molecule has 1 aliphatic rings. The van der Waals surface area contributed by atoms with E-state index in [0.29, 0.717) is 22.7 Å². The maximum Gasteiger partial charge on any atom is 0.250 e. The number of hydrogen-bond donors (Lipinski definition) is 3. The minimum Gasteiger partial charge on any atom is -0.398 e. The van der Waals surface area contributed by atoms with Crippen LogP contribution in [-0.4, -0.2) is 25.2 Å². The number of aliphatic imine (C=N–C) groups is 1. The van der Waals surface area contributed by atoms with Gasteiger partial charge in [0, 0.05) is 23.7 Å². The Balaban J connectivity index is 1.79. The molecule has 1 saturated heterocycles. The van der Waals surface area contributed by atoms with Crippen LogP contribution >= 0.6 is 0 Å². The number of para-hydroxylation sites is 1. The third kappa shape index (κ3) is 3.78. The highest BCUT2D eigenvalue weighted by Crippen LogP contribution is 2.33. The minimum absolute atomic E-state index is 0.153. The predicted octanol–water partition coefficient (Wildman–Crippen LogP) is 3.01. The number of rotatable bonds is 4. The Bertz CT molecular complexity index is 828. The van der Waals surface area contributed by atoms with E-state index in [1.807, 2.05) is 18.2 Å². The molecule has 1 amide bonds. The minimum atomic E-state index is -0.536. The fraction of sp³-hybridized carbons (Fsp3) is 0.333. The molecule has 5 heteroatoms. The molecular formula is C21H26N4O. The number of nitrogens with zero attached hydrogens (tertiary/aromatic N) is 1.